The number of hydrogen-bond donors (Lipinski definition) is 2. The Labute approximate surface area is 106 Å². The molecule has 0 bridgehead atoms. The van der Waals surface area contributed by atoms with Crippen LogP contribution >= 0.6 is 0 Å². The van der Waals surface area contributed by atoms with Crippen LogP contribution in [0, 0.1) is 0 Å². The number of ether oxygens (including phenoxy) is 2. The summed E-state index contributed by atoms with van der Waals surface area (Å²) in [5.74, 6) is -1.48. The van der Waals surface area contributed by atoms with Gasteiger partial charge < -0.3 is 20.9 Å². The molecule has 0 radical (unpaired) electrons. The Morgan fingerprint density at radius 1 is 1.47 bits per heavy atom. The van der Waals surface area contributed by atoms with Crippen molar-refractivity contribution >= 4 is 11.7 Å². The van der Waals surface area contributed by atoms with Crippen molar-refractivity contribution in [2.24, 2.45) is 5.73 Å². The number of anilines is 1. The Balaban J connectivity index is 3.18. The van der Waals surface area contributed by atoms with E-state index in [0.717, 1.165) is 13.3 Å². The molecule has 1 aromatic heterocycles. The van der Waals surface area contributed by atoms with Crippen LogP contribution in [0.25, 0.3) is 0 Å². The molecule has 0 saturated carbocycles. The number of pyridine rings is 1. The zero-order chi connectivity index (χ0) is 14.6. The molecule has 0 aliphatic rings. The monoisotopic (exact) mass is 279 g/mol. The SMILES string of the molecule is COC(=O)Cc1c(CN)cnc(OC(F)(F)F)c1N. The van der Waals surface area contributed by atoms with Gasteiger partial charge in [-0.05, 0) is 11.1 Å². The van der Waals surface area contributed by atoms with E-state index in [1.54, 1.807) is 0 Å². The molecule has 0 unspecified atom stereocenters. The number of nitrogens with zero attached hydrogens (tertiary/aromatic N) is 1. The summed E-state index contributed by atoms with van der Waals surface area (Å²) in [4.78, 5) is 14.6. The predicted octanol–water partition coefficient (Wildman–Crippen LogP) is 0.737. The highest BCUT2D eigenvalue weighted by molar-refractivity contribution is 5.76. The summed E-state index contributed by atoms with van der Waals surface area (Å²) in [6.45, 7) is -0.0319. The lowest BCUT2D eigenvalue weighted by Gasteiger charge is -2.15. The molecule has 9 heteroatoms. The number of carbonyl (C=O) groups excluding carboxylic acids is 1. The maximum Gasteiger partial charge on any atom is 0.574 e. The quantitative estimate of drug-likeness (QED) is 0.788. The molecule has 0 atom stereocenters. The number of halogens is 3. The van der Waals surface area contributed by atoms with E-state index in [4.69, 9.17) is 11.5 Å². The lowest BCUT2D eigenvalue weighted by atomic mass is 10.1. The van der Waals surface area contributed by atoms with E-state index in [2.05, 4.69) is 14.5 Å². The minimum Gasteiger partial charge on any atom is -0.469 e. The Morgan fingerprint density at radius 2 is 2.11 bits per heavy atom. The zero-order valence-electron chi connectivity index (χ0n) is 9.95. The molecule has 0 saturated heterocycles. The molecule has 1 aromatic rings. The number of hydrogen-bond acceptors (Lipinski definition) is 6. The summed E-state index contributed by atoms with van der Waals surface area (Å²) in [7, 11) is 1.15. The fourth-order valence-corrected chi connectivity index (χ4v) is 1.38. The van der Waals surface area contributed by atoms with Crippen molar-refractivity contribution in [3.8, 4) is 5.88 Å². The van der Waals surface area contributed by atoms with Gasteiger partial charge in [-0.2, -0.15) is 0 Å². The first kappa shape index (κ1) is 15.0. The summed E-state index contributed by atoms with van der Waals surface area (Å²) in [6.07, 6.45) is -4.16. The van der Waals surface area contributed by atoms with Crippen molar-refractivity contribution in [3.63, 3.8) is 0 Å². The van der Waals surface area contributed by atoms with Gasteiger partial charge in [-0.25, -0.2) is 4.98 Å². The first-order valence-corrected chi connectivity index (χ1v) is 5.07. The van der Waals surface area contributed by atoms with Crippen LogP contribution in [0.3, 0.4) is 0 Å². The molecule has 0 fully saturated rings. The van der Waals surface area contributed by atoms with Crippen LogP contribution in [0.4, 0.5) is 18.9 Å². The molecule has 6 nitrogen and oxygen atoms in total. The van der Waals surface area contributed by atoms with E-state index in [0.29, 0.717) is 5.56 Å². The third-order valence-corrected chi connectivity index (χ3v) is 2.26. The van der Waals surface area contributed by atoms with Gasteiger partial charge >= 0.3 is 12.3 Å². The van der Waals surface area contributed by atoms with E-state index in [1.165, 1.54) is 0 Å². The second-order valence-electron chi connectivity index (χ2n) is 3.49. The van der Waals surface area contributed by atoms with E-state index >= 15 is 0 Å². The smallest absolute Gasteiger partial charge is 0.469 e. The van der Waals surface area contributed by atoms with Gasteiger partial charge in [0.25, 0.3) is 0 Å². The maximum absolute atomic E-state index is 12.1. The highest BCUT2D eigenvalue weighted by atomic mass is 19.4. The number of alkyl halides is 3. The average molecular weight is 279 g/mol. The molecule has 4 N–H and O–H groups in total. The second kappa shape index (κ2) is 5.74. The number of nitrogen functional groups attached to an aromatic ring is 1. The normalized spacial score (nSPS) is 11.2. The fourth-order valence-electron chi connectivity index (χ4n) is 1.38. The molecule has 0 spiro atoms. The molecule has 0 aliphatic heterocycles. The van der Waals surface area contributed by atoms with Gasteiger partial charge in [0.15, 0.2) is 0 Å². The number of methoxy groups -OCH3 is 1. The predicted molar refractivity (Wildman–Crippen MR) is 58.9 cm³/mol. The van der Waals surface area contributed by atoms with Crippen LogP contribution in [0.2, 0.25) is 0 Å². The van der Waals surface area contributed by atoms with Crippen LogP contribution < -0.4 is 16.2 Å². The molecular formula is C10H12F3N3O3. The van der Waals surface area contributed by atoms with Crippen molar-refractivity contribution in [1.29, 1.82) is 0 Å². The van der Waals surface area contributed by atoms with Gasteiger partial charge in [-0.3, -0.25) is 4.79 Å². The number of aromatic nitrogens is 1. The molecule has 0 amide bonds. The number of nitrogens with two attached hydrogens (primary N) is 2. The van der Waals surface area contributed by atoms with Crippen LogP contribution in [-0.4, -0.2) is 24.4 Å². The maximum atomic E-state index is 12.1. The largest absolute Gasteiger partial charge is 0.574 e. The molecule has 1 heterocycles. The van der Waals surface area contributed by atoms with Crippen molar-refractivity contribution in [1.82, 2.24) is 4.98 Å². The van der Waals surface area contributed by atoms with Crippen LogP contribution in [0.15, 0.2) is 6.20 Å². The third-order valence-electron chi connectivity index (χ3n) is 2.26. The summed E-state index contributed by atoms with van der Waals surface area (Å²) < 4.78 is 44.5. The summed E-state index contributed by atoms with van der Waals surface area (Å²) in [5.41, 5.74) is 11.0. The Kier molecular flexibility index (Phi) is 4.54. The first-order valence-electron chi connectivity index (χ1n) is 5.07. The van der Waals surface area contributed by atoms with Gasteiger partial charge in [0, 0.05) is 12.7 Å². The Morgan fingerprint density at radius 3 is 2.58 bits per heavy atom. The third kappa shape index (κ3) is 3.98. The minimum absolute atomic E-state index is 0.0319. The van der Waals surface area contributed by atoms with Crippen LogP contribution in [0.5, 0.6) is 5.88 Å². The van der Waals surface area contributed by atoms with Crippen LogP contribution in [-0.2, 0) is 22.5 Å². The summed E-state index contributed by atoms with van der Waals surface area (Å²) >= 11 is 0. The Hall–Kier alpha value is -2.03. The van der Waals surface area contributed by atoms with Gasteiger partial charge in [0.2, 0.25) is 5.88 Å². The second-order valence-corrected chi connectivity index (χ2v) is 3.49. The van der Waals surface area contributed by atoms with E-state index < -0.39 is 18.2 Å². The van der Waals surface area contributed by atoms with Gasteiger partial charge in [0.05, 0.1) is 19.2 Å². The first-order chi connectivity index (χ1) is 8.78. The highest BCUT2D eigenvalue weighted by Crippen LogP contribution is 2.30. The number of carbonyl (C=O) groups is 1. The van der Waals surface area contributed by atoms with E-state index in [1.807, 2.05) is 0 Å². The number of rotatable bonds is 4. The zero-order valence-corrected chi connectivity index (χ0v) is 9.95. The number of esters is 1. The molecular weight excluding hydrogens is 267 g/mol. The summed E-state index contributed by atoms with van der Waals surface area (Å²) in [6, 6.07) is 0. The lowest BCUT2D eigenvalue weighted by Crippen LogP contribution is -2.20. The van der Waals surface area contributed by atoms with Gasteiger partial charge in [-0.1, -0.05) is 0 Å². The topological polar surface area (TPSA) is 100 Å². The van der Waals surface area contributed by atoms with E-state index in [-0.39, 0.29) is 24.2 Å². The fraction of sp³-hybridized carbons (Fsp3) is 0.400. The molecule has 1 rings (SSSR count). The van der Waals surface area contributed by atoms with E-state index in [9.17, 15) is 18.0 Å². The van der Waals surface area contributed by atoms with Crippen molar-refractivity contribution in [3.05, 3.63) is 17.3 Å². The summed E-state index contributed by atoms with van der Waals surface area (Å²) in [5, 5.41) is 0. The Bertz CT molecular complexity index is 477. The lowest BCUT2D eigenvalue weighted by molar-refractivity contribution is -0.275. The van der Waals surface area contributed by atoms with Crippen molar-refractivity contribution < 1.29 is 27.4 Å². The molecule has 19 heavy (non-hydrogen) atoms. The molecule has 106 valence electrons. The highest BCUT2D eigenvalue weighted by Gasteiger charge is 2.33. The molecule has 0 aromatic carbocycles. The van der Waals surface area contributed by atoms with Gasteiger partial charge in [-0.15, -0.1) is 13.2 Å². The molecule has 0 aliphatic carbocycles. The average Bonchev–Trinajstić information content (AvgIpc) is 2.32. The van der Waals surface area contributed by atoms with Crippen molar-refractivity contribution in [2.45, 2.75) is 19.3 Å². The standard InChI is InChI=1S/C10H12F3N3O3/c1-18-7(17)2-6-5(3-14)4-16-9(8(6)15)19-10(11,12)13/h4H,2-3,14-15H2,1H3. The minimum atomic E-state index is -4.92. The van der Waals surface area contributed by atoms with Crippen molar-refractivity contribution in [2.75, 3.05) is 12.8 Å². The van der Waals surface area contributed by atoms with Gasteiger partial charge in [0.1, 0.15) is 0 Å². The van der Waals surface area contributed by atoms with Crippen LogP contribution in [0.1, 0.15) is 11.1 Å².